The van der Waals surface area contributed by atoms with Crippen molar-refractivity contribution in [3.8, 4) is 16.3 Å². The minimum Gasteiger partial charge on any atom is -0.496 e. The Morgan fingerprint density at radius 1 is 1.47 bits per heavy atom. The lowest BCUT2D eigenvalue weighted by molar-refractivity contribution is 0.300. The van der Waals surface area contributed by atoms with E-state index >= 15 is 0 Å². The Labute approximate surface area is 103 Å². The number of thiazole rings is 1. The van der Waals surface area contributed by atoms with Crippen molar-refractivity contribution in [2.45, 2.75) is 6.42 Å². The molecule has 0 radical (unpaired) electrons. The Morgan fingerprint density at radius 3 is 3.00 bits per heavy atom. The van der Waals surface area contributed by atoms with Gasteiger partial charge in [0.15, 0.2) is 0 Å². The molecule has 0 atom stereocenters. The number of ether oxygens (including phenoxy) is 1. The Morgan fingerprint density at radius 2 is 2.29 bits per heavy atom. The lowest BCUT2D eigenvalue weighted by atomic mass is 10.2. The van der Waals surface area contributed by atoms with Gasteiger partial charge in [-0.1, -0.05) is 0 Å². The second-order valence-corrected chi connectivity index (χ2v) is 4.57. The zero-order valence-corrected chi connectivity index (χ0v) is 10.1. The minimum absolute atomic E-state index is 0.0852. The third-order valence-corrected chi connectivity index (χ3v) is 3.39. The van der Waals surface area contributed by atoms with Gasteiger partial charge in [0, 0.05) is 24.1 Å². The molecule has 0 bridgehead atoms. The SMILES string of the molecule is COc1ccc(F)cc1-c1ncc(CCO)s1. The van der Waals surface area contributed by atoms with Gasteiger partial charge in [-0.15, -0.1) is 11.3 Å². The van der Waals surface area contributed by atoms with Crippen LogP contribution in [-0.4, -0.2) is 23.8 Å². The molecule has 0 spiro atoms. The highest BCUT2D eigenvalue weighted by Crippen LogP contribution is 2.33. The molecule has 1 aromatic carbocycles. The van der Waals surface area contributed by atoms with Gasteiger partial charge in [-0.2, -0.15) is 0 Å². The van der Waals surface area contributed by atoms with Gasteiger partial charge in [-0.3, -0.25) is 0 Å². The van der Waals surface area contributed by atoms with E-state index in [9.17, 15) is 4.39 Å². The first-order valence-corrected chi connectivity index (χ1v) is 5.95. The van der Waals surface area contributed by atoms with Crippen molar-refractivity contribution in [1.82, 2.24) is 4.98 Å². The summed E-state index contributed by atoms with van der Waals surface area (Å²) in [6, 6.07) is 4.34. The largest absolute Gasteiger partial charge is 0.496 e. The average Bonchev–Trinajstić information content (AvgIpc) is 2.78. The molecule has 0 saturated heterocycles. The Kier molecular flexibility index (Phi) is 3.71. The van der Waals surface area contributed by atoms with Crippen LogP contribution in [0.25, 0.3) is 10.6 Å². The van der Waals surface area contributed by atoms with E-state index in [1.807, 2.05) is 0 Å². The first kappa shape index (κ1) is 12.0. The van der Waals surface area contributed by atoms with Gasteiger partial charge >= 0.3 is 0 Å². The molecule has 0 aliphatic rings. The van der Waals surface area contributed by atoms with Gasteiger partial charge in [-0.05, 0) is 18.2 Å². The van der Waals surface area contributed by atoms with Crippen molar-refractivity contribution >= 4 is 11.3 Å². The summed E-state index contributed by atoms with van der Waals surface area (Å²) < 4.78 is 18.4. The van der Waals surface area contributed by atoms with Gasteiger partial charge in [-0.25, -0.2) is 9.37 Å². The van der Waals surface area contributed by atoms with Crippen molar-refractivity contribution < 1.29 is 14.2 Å². The number of nitrogens with zero attached hydrogens (tertiary/aromatic N) is 1. The Hall–Kier alpha value is -1.46. The van der Waals surface area contributed by atoms with Crippen LogP contribution in [0.5, 0.6) is 5.75 Å². The van der Waals surface area contributed by atoms with Crippen LogP contribution in [0.3, 0.4) is 0 Å². The number of halogens is 1. The van der Waals surface area contributed by atoms with E-state index in [0.29, 0.717) is 22.7 Å². The predicted octanol–water partition coefficient (Wildman–Crippen LogP) is 2.49. The summed E-state index contributed by atoms with van der Waals surface area (Å²) in [7, 11) is 1.54. The van der Waals surface area contributed by atoms with Gasteiger partial charge < -0.3 is 9.84 Å². The maximum Gasteiger partial charge on any atom is 0.129 e. The first-order valence-electron chi connectivity index (χ1n) is 5.14. The molecule has 5 heteroatoms. The first-order chi connectivity index (χ1) is 8.24. The maximum atomic E-state index is 13.2. The summed E-state index contributed by atoms with van der Waals surface area (Å²) in [5.74, 6) is 0.274. The fraction of sp³-hybridized carbons (Fsp3) is 0.250. The highest BCUT2D eigenvalue weighted by atomic mass is 32.1. The van der Waals surface area contributed by atoms with Crippen LogP contribution in [0.2, 0.25) is 0 Å². The fourth-order valence-corrected chi connectivity index (χ4v) is 2.43. The molecule has 1 aromatic heterocycles. The standard InChI is InChI=1S/C12H12FNO2S/c1-16-11-3-2-8(13)6-10(11)12-14-7-9(17-12)4-5-15/h2-3,6-7,15H,4-5H2,1H3. The van der Waals surface area contributed by atoms with Gasteiger partial charge in [0.1, 0.15) is 16.6 Å². The smallest absolute Gasteiger partial charge is 0.129 e. The van der Waals surface area contributed by atoms with Crippen LogP contribution < -0.4 is 4.74 Å². The predicted molar refractivity (Wildman–Crippen MR) is 64.8 cm³/mol. The third-order valence-electron chi connectivity index (χ3n) is 2.30. The number of hydrogen-bond donors (Lipinski definition) is 1. The summed E-state index contributed by atoms with van der Waals surface area (Å²) in [5.41, 5.74) is 0.640. The molecule has 0 aliphatic heterocycles. The van der Waals surface area contributed by atoms with Crippen LogP contribution in [0.4, 0.5) is 4.39 Å². The molecule has 0 amide bonds. The van der Waals surface area contributed by atoms with Crippen molar-refractivity contribution in [1.29, 1.82) is 0 Å². The molecule has 0 saturated carbocycles. The molecule has 2 rings (SSSR count). The number of hydrogen-bond acceptors (Lipinski definition) is 4. The van der Waals surface area contributed by atoms with Crippen LogP contribution in [0.1, 0.15) is 4.88 Å². The molecule has 90 valence electrons. The zero-order chi connectivity index (χ0) is 12.3. The van der Waals surface area contributed by atoms with Crippen molar-refractivity contribution in [2.24, 2.45) is 0 Å². The van der Waals surface area contributed by atoms with Crippen LogP contribution in [-0.2, 0) is 6.42 Å². The van der Waals surface area contributed by atoms with Crippen LogP contribution in [0.15, 0.2) is 24.4 Å². The second-order valence-electron chi connectivity index (χ2n) is 3.45. The summed E-state index contributed by atoms with van der Waals surface area (Å²) in [5, 5.41) is 9.54. The molecular formula is C12H12FNO2S. The molecule has 2 aromatic rings. The number of benzene rings is 1. The van der Waals surface area contributed by atoms with E-state index < -0.39 is 0 Å². The normalized spacial score (nSPS) is 10.5. The number of aliphatic hydroxyl groups is 1. The van der Waals surface area contributed by atoms with Gasteiger partial charge in [0.2, 0.25) is 0 Å². The van der Waals surface area contributed by atoms with E-state index in [-0.39, 0.29) is 12.4 Å². The number of methoxy groups -OCH3 is 1. The lowest BCUT2D eigenvalue weighted by Crippen LogP contribution is -1.88. The van der Waals surface area contributed by atoms with Crippen molar-refractivity contribution in [2.75, 3.05) is 13.7 Å². The molecule has 17 heavy (non-hydrogen) atoms. The molecule has 3 nitrogen and oxygen atoms in total. The van der Waals surface area contributed by atoms with Crippen LogP contribution in [0, 0.1) is 5.82 Å². The number of aromatic nitrogens is 1. The average molecular weight is 253 g/mol. The summed E-state index contributed by atoms with van der Waals surface area (Å²) >= 11 is 1.43. The van der Waals surface area contributed by atoms with Crippen LogP contribution >= 0.6 is 11.3 Å². The summed E-state index contributed by atoms with van der Waals surface area (Å²) in [6.45, 7) is 0.0852. The molecule has 1 N–H and O–H groups in total. The lowest BCUT2D eigenvalue weighted by Gasteiger charge is -2.05. The van der Waals surface area contributed by atoms with Crippen molar-refractivity contribution in [3.05, 3.63) is 35.1 Å². The van der Waals surface area contributed by atoms with E-state index in [2.05, 4.69) is 4.98 Å². The number of rotatable bonds is 4. The highest BCUT2D eigenvalue weighted by molar-refractivity contribution is 7.15. The Bertz CT molecular complexity index is 513. The van der Waals surface area contributed by atoms with Crippen molar-refractivity contribution in [3.63, 3.8) is 0 Å². The Balaban J connectivity index is 2.40. The van der Waals surface area contributed by atoms with E-state index in [4.69, 9.17) is 9.84 Å². The maximum absolute atomic E-state index is 13.2. The molecule has 0 aliphatic carbocycles. The fourth-order valence-electron chi connectivity index (χ4n) is 1.51. The molecular weight excluding hydrogens is 241 g/mol. The monoisotopic (exact) mass is 253 g/mol. The highest BCUT2D eigenvalue weighted by Gasteiger charge is 2.11. The quantitative estimate of drug-likeness (QED) is 0.910. The van der Waals surface area contributed by atoms with Gasteiger partial charge in [0.05, 0.1) is 12.7 Å². The number of aliphatic hydroxyl groups excluding tert-OH is 1. The molecule has 0 fully saturated rings. The second kappa shape index (κ2) is 5.25. The van der Waals surface area contributed by atoms with Gasteiger partial charge in [0.25, 0.3) is 0 Å². The topological polar surface area (TPSA) is 42.4 Å². The van der Waals surface area contributed by atoms with E-state index in [0.717, 1.165) is 4.88 Å². The molecule has 0 unspecified atom stereocenters. The zero-order valence-electron chi connectivity index (χ0n) is 9.31. The molecule has 1 heterocycles. The van der Waals surface area contributed by atoms with E-state index in [1.165, 1.54) is 23.5 Å². The van der Waals surface area contributed by atoms with E-state index in [1.54, 1.807) is 19.4 Å². The minimum atomic E-state index is -0.320. The summed E-state index contributed by atoms with van der Waals surface area (Å²) in [6.07, 6.45) is 2.26. The third kappa shape index (κ3) is 2.62. The summed E-state index contributed by atoms with van der Waals surface area (Å²) in [4.78, 5) is 5.18.